The molecule has 4 N–H and O–H groups in total. The van der Waals surface area contributed by atoms with E-state index in [2.05, 4.69) is 31.5 Å². The van der Waals surface area contributed by atoms with Crippen LogP contribution in [0.25, 0.3) is 0 Å². The van der Waals surface area contributed by atoms with E-state index in [1.54, 1.807) is 38.2 Å². The van der Waals surface area contributed by atoms with Crippen LogP contribution in [0, 0.1) is 6.92 Å². The van der Waals surface area contributed by atoms with E-state index in [1.165, 1.54) is 4.68 Å². The standard InChI is InChI=1S/C13H14BrN5O2/c1-7-5-11(19(2)17-7)13(20)16-10-4-3-8(14)6-9(10)12(15)18-21/h3-6,21H,1-2H3,(H2,15,18)(H,16,20). The summed E-state index contributed by atoms with van der Waals surface area (Å²) in [5.74, 6) is -0.416. The average Bonchev–Trinajstić information content (AvgIpc) is 2.78. The maximum absolute atomic E-state index is 12.3. The number of aromatic nitrogens is 2. The third-order valence-electron chi connectivity index (χ3n) is 2.85. The number of anilines is 1. The molecule has 0 fully saturated rings. The van der Waals surface area contributed by atoms with E-state index in [9.17, 15) is 4.79 Å². The molecule has 7 nitrogen and oxygen atoms in total. The van der Waals surface area contributed by atoms with E-state index in [0.717, 1.165) is 10.2 Å². The van der Waals surface area contributed by atoms with Crippen LogP contribution < -0.4 is 11.1 Å². The second kappa shape index (κ2) is 5.96. The predicted molar refractivity (Wildman–Crippen MR) is 82.6 cm³/mol. The normalized spacial score (nSPS) is 11.5. The molecule has 0 atom stereocenters. The van der Waals surface area contributed by atoms with Crippen molar-refractivity contribution in [3.8, 4) is 0 Å². The molecule has 0 saturated carbocycles. The average molecular weight is 352 g/mol. The van der Waals surface area contributed by atoms with Crippen molar-refractivity contribution in [3.63, 3.8) is 0 Å². The van der Waals surface area contributed by atoms with Gasteiger partial charge in [0.05, 0.1) is 11.4 Å². The van der Waals surface area contributed by atoms with Crippen molar-refractivity contribution in [2.24, 2.45) is 17.9 Å². The number of nitrogens with one attached hydrogen (secondary N) is 1. The molecular formula is C13H14BrN5O2. The minimum atomic E-state index is -0.326. The minimum Gasteiger partial charge on any atom is -0.409 e. The largest absolute Gasteiger partial charge is 0.409 e. The first-order chi connectivity index (χ1) is 9.92. The molecule has 1 heterocycles. The molecule has 1 aromatic carbocycles. The van der Waals surface area contributed by atoms with E-state index in [4.69, 9.17) is 10.9 Å². The summed E-state index contributed by atoms with van der Waals surface area (Å²) in [6.45, 7) is 1.80. The van der Waals surface area contributed by atoms with Crippen molar-refractivity contribution in [2.45, 2.75) is 6.92 Å². The monoisotopic (exact) mass is 351 g/mol. The number of hydrogen-bond acceptors (Lipinski definition) is 4. The van der Waals surface area contributed by atoms with Crippen molar-refractivity contribution in [1.82, 2.24) is 9.78 Å². The molecule has 0 spiro atoms. The maximum Gasteiger partial charge on any atom is 0.273 e. The molecule has 0 aliphatic heterocycles. The number of amidine groups is 1. The molecular weight excluding hydrogens is 338 g/mol. The van der Waals surface area contributed by atoms with Crippen molar-refractivity contribution < 1.29 is 10.0 Å². The number of amides is 1. The predicted octanol–water partition coefficient (Wildman–Crippen LogP) is 1.84. The Morgan fingerprint density at radius 1 is 1.48 bits per heavy atom. The molecule has 2 rings (SSSR count). The highest BCUT2D eigenvalue weighted by Crippen LogP contribution is 2.21. The third-order valence-corrected chi connectivity index (χ3v) is 3.34. The molecule has 0 aliphatic carbocycles. The number of aryl methyl sites for hydroxylation is 2. The van der Waals surface area contributed by atoms with Gasteiger partial charge in [0.15, 0.2) is 5.84 Å². The molecule has 0 unspecified atom stereocenters. The van der Waals surface area contributed by atoms with E-state index in [1.807, 2.05) is 0 Å². The molecule has 2 aromatic rings. The molecule has 110 valence electrons. The van der Waals surface area contributed by atoms with E-state index >= 15 is 0 Å². The zero-order chi connectivity index (χ0) is 15.6. The molecule has 0 aliphatic rings. The highest BCUT2D eigenvalue weighted by Gasteiger charge is 2.15. The van der Waals surface area contributed by atoms with Crippen molar-refractivity contribution in [2.75, 3.05) is 5.32 Å². The van der Waals surface area contributed by atoms with Crippen molar-refractivity contribution in [1.29, 1.82) is 0 Å². The van der Waals surface area contributed by atoms with Gasteiger partial charge in [-0.05, 0) is 31.2 Å². The first-order valence-electron chi connectivity index (χ1n) is 6.02. The summed E-state index contributed by atoms with van der Waals surface area (Å²) < 4.78 is 2.24. The van der Waals surface area contributed by atoms with Crippen LogP contribution in [0.2, 0.25) is 0 Å². The van der Waals surface area contributed by atoms with Gasteiger partial charge in [0, 0.05) is 17.1 Å². The number of benzene rings is 1. The fraction of sp³-hybridized carbons (Fsp3) is 0.154. The lowest BCUT2D eigenvalue weighted by molar-refractivity contribution is 0.101. The minimum absolute atomic E-state index is 0.0900. The van der Waals surface area contributed by atoms with Gasteiger partial charge < -0.3 is 16.3 Å². The lowest BCUT2D eigenvalue weighted by Crippen LogP contribution is -2.20. The van der Waals surface area contributed by atoms with Crippen molar-refractivity contribution in [3.05, 3.63) is 45.7 Å². The zero-order valence-corrected chi connectivity index (χ0v) is 13.0. The summed E-state index contributed by atoms with van der Waals surface area (Å²) in [7, 11) is 1.69. The molecule has 1 aromatic heterocycles. The maximum atomic E-state index is 12.3. The summed E-state index contributed by atoms with van der Waals surface area (Å²) in [6, 6.07) is 6.74. The summed E-state index contributed by atoms with van der Waals surface area (Å²) in [5.41, 5.74) is 7.64. The highest BCUT2D eigenvalue weighted by atomic mass is 79.9. The Kier molecular flexibility index (Phi) is 4.27. The fourth-order valence-electron chi connectivity index (χ4n) is 1.90. The Hall–Kier alpha value is -2.35. The molecule has 21 heavy (non-hydrogen) atoms. The van der Waals surface area contributed by atoms with Crippen LogP contribution in [-0.4, -0.2) is 26.7 Å². The van der Waals surface area contributed by atoms with Crippen LogP contribution in [0.15, 0.2) is 33.9 Å². The van der Waals surface area contributed by atoms with Gasteiger partial charge in [-0.3, -0.25) is 9.48 Å². The lowest BCUT2D eigenvalue weighted by Gasteiger charge is -2.10. The molecule has 1 amide bonds. The van der Waals surface area contributed by atoms with Crippen LogP contribution in [0.4, 0.5) is 5.69 Å². The first-order valence-corrected chi connectivity index (χ1v) is 6.81. The second-order valence-electron chi connectivity index (χ2n) is 4.42. The number of rotatable bonds is 3. The Labute approximate surface area is 129 Å². The molecule has 8 heteroatoms. The molecule has 0 saturated heterocycles. The summed E-state index contributed by atoms with van der Waals surface area (Å²) in [6.07, 6.45) is 0. The van der Waals surface area contributed by atoms with Crippen LogP contribution >= 0.6 is 15.9 Å². The Morgan fingerprint density at radius 3 is 2.76 bits per heavy atom. The topological polar surface area (TPSA) is 106 Å². The van der Waals surface area contributed by atoms with Crippen LogP contribution in [0.1, 0.15) is 21.7 Å². The van der Waals surface area contributed by atoms with Gasteiger partial charge in [-0.2, -0.15) is 5.10 Å². The number of nitrogens with two attached hydrogens (primary N) is 1. The zero-order valence-electron chi connectivity index (χ0n) is 11.5. The highest BCUT2D eigenvalue weighted by molar-refractivity contribution is 9.10. The Morgan fingerprint density at radius 2 is 2.19 bits per heavy atom. The number of carbonyl (C=O) groups is 1. The van der Waals surface area contributed by atoms with Gasteiger partial charge in [0.2, 0.25) is 0 Å². The number of hydrogen-bond donors (Lipinski definition) is 3. The quantitative estimate of drug-likeness (QED) is 0.339. The van der Waals surface area contributed by atoms with E-state index in [-0.39, 0.29) is 11.7 Å². The van der Waals surface area contributed by atoms with Gasteiger partial charge >= 0.3 is 0 Å². The summed E-state index contributed by atoms with van der Waals surface area (Å²) in [4.78, 5) is 12.3. The van der Waals surface area contributed by atoms with Crippen LogP contribution in [0.5, 0.6) is 0 Å². The van der Waals surface area contributed by atoms with Gasteiger partial charge in [-0.1, -0.05) is 21.1 Å². The number of halogens is 1. The fourth-order valence-corrected chi connectivity index (χ4v) is 2.26. The van der Waals surface area contributed by atoms with Crippen LogP contribution in [0.3, 0.4) is 0 Å². The third kappa shape index (κ3) is 3.22. The lowest BCUT2D eigenvalue weighted by atomic mass is 10.1. The summed E-state index contributed by atoms with van der Waals surface area (Å²) >= 11 is 3.30. The number of carbonyl (C=O) groups excluding carboxylic acids is 1. The van der Waals surface area contributed by atoms with Gasteiger partial charge in [0.25, 0.3) is 5.91 Å². The SMILES string of the molecule is Cc1cc(C(=O)Nc2ccc(Br)cc2/C(N)=N/O)n(C)n1. The smallest absolute Gasteiger partial charge is 0.273 e. The van der Waals surface area contributed by atoms with Gasteiger partial charge in [-0.25, -0.2) is 0 Å². The molecule has 0 bridgehead atoms. The Bertz CT molecular complexity index is 723. The van der Waals surface area contributed by atoms with Gasteiger partial charge in [0.1, 0.15) is 5.69 Å². The first kappa shape index (κ1) is 15.0. The van der Waals surface area contributed by atoms with Crippen molar-refractivity contribution >= 4 is 33.4 Å². The van der Waals surface area contributed by atoms with Gasteiger partial charge in [-0.15, -0.1) is 0 Å². The number of nitrogens with zero attached hydrogens (tertiary/aromatic N) is 3. The molecule has 0 radical (unpaired) electrons. The Balaban J connectivity index is 2.35. The van der Waals surface area contributed by atoms with E-state index < -0.39 is 0 Å². The second-order valence-corrected chi connectivity index (χ2v) is 5.34. The van der Waals surface area contributed by atoms with Crippen LogP contribution in [-0.2, 0) is 7.05 Å². The summed E-state index contributed by atoms with van der Waals surface area (Å²) in [5, 5.41) is 18.6. The van der Waals surface area contributed by atoms with E-state index in [0.29, 0.717) is 16.9 Å². The number of oxime groups is 1.